The van der Waals surface area contributed by atoms with Crippen molar-refractivity contribution >= 4 is 23.0 Å². The van der Waals surface area contributed by atoms with Crippen molar-refractivity contribution < 1.29 is 9.59 Å². The van der Waals surface area contributed by atoms with E-state index in [2.05, 4.69) is 11.8 Å². The largest absolute Gasteiger partial charge is 0.343 e. The van der Waals surface area contributed by atoms with Crippen molar-refractivity contribution in [2.24, 2.45) is 0 Å². The summed E-state index contributed by atoms with van der Waals surface area (Å²) in [7, 11) is 1.89. The highest BCUT2D eigenvalue weighted by molar-refractivity contribution is 7.12. The SMILES string of the molecule is CCN1CCC(N(C)C(=O)CCC(=O)c2cc(C)sc2C)CC1. The molecule has 1 aliphatic heterocycles. The Balaban J connectivity index is 1.82. The quantitative estimate of drug-likeness (QED) is 0.749. The highest BCUT2D eigenvalue weighted by Gasteiger charge is 2.25. The number of aryl methyl sites for hydroxylation is 2. The van der Waals surface area contributed by atoms with Gasteiger partial charge in [-0.25, -0.2) is 0 Å². The van der Waals surface area contributed by atoms with E-state index in [1.165, 1.54) is 0 Å². The van der Waals surface area contributed by atoms with Gasteiger partial charge in [0.1, 0.15) is 0 Å². The number of likely N-dealkylation sites (tertiary alicyclic amines) is 1. The van der Waals surface area contributed by atoms with Crippen LogP contribution in [0, 0.1) is 13.8 Å². The van der Waals surface area contributed by atoms with Gasteiger partial charge in [-0.15, -0.1) is 11.3 Å². The maximum atomic E-state index is 12.4. The van der Waals surface area contributed by atoms with Gasteiger partial charge in [0.15, 0.2) is 5.78 Å². The Morgan fingerprint density at radius 3 is 2.43 bits per heavy atom. The van der Waals surface area contributed by atoms with Crippen LogP contribution in [0.15, 0.2) is 6.07 Å². The van der Waals surface area contributed by atoms with E-state index in [0.29, 0.717) is 18.9 Å². The number of hydrogen-bond donors (Lipinski definition) is 0. The van der Waals surface area contributed by atoms with Gasteiger partial charge in [0.05, 0.1) is 0 Å². The predicted molar refractivity (Wildman–Crippen MR) is 95.3 cm³/mol. The number of piperidine rings is 1. The smallest absolute Gasteiger partial charge is 0.223 e. The third-order valence-corrected chi connectivity index (χ3v) is 5.82. The van der Waals surface area contributed by atoms with Gasteiger partial charge in [-0.1, -0.05) is 6.92 Å². The van der Waals surface area contributed by atoms with Gasteiger partial charge < -0.3 is 9.80 Å². The van der Waals surface area contributed by atoms with E-state index < -0.39 is 0 Å². The summed E-state index contributed by atoms with van der Waals surface area (Å²) >= 11 is 1.64. The fourth-order valence-corrected chi connectivity index (χ4v) is 4.21. The molecule has 0 aliphatic carbocycles. The van der Waals surface area contributed by atoms with Gasteiger partial charge in [0.2, 0.25) is 5.91 Å². The van der Waals surface area contributed by atoms with E-state index in [-0.39, 0.29) is 11.7 Å². The normalized spacial score (nSPS) is 16.5. The maximum absolute atomic E-state index is 12.4. The molecule has 0 bridgehead atoms. The molecule has 1 aromatic heterocycles. The minimum Gasteiger partial charge on any atom is -0.343 e. The Labute approximate surface area is 143 Å². The zero-order valence-electron chi connectivity index (χ0n) is 14.7. The molecular weight excluding hydrogens is 308 g/mol. The van der Waals surface area contributed by atoms with Crippen LogP contribution in [0.1, 0.15) is 52.7 Å². The van der Waals surface area contributed by atoms with E-state index in [0.717, 1.165) is 47.8 Å². The fourth-order valence-electron chi connectivity index (χ4n) is 3.27. The maximum Gasteiger partial charge on any atom is 0.223 e. The number of amides is 1. The molecule has 1 fully saturated rings. The predicted octanol–water partition coefficient (Wildman–Crippen LogP) is 3.27. The zero-order chi connectivity index (χ0) is 17.0. The van der Waals surface area contributed by atoms with Crippen LogP contribution < -0.4 is 0 Å². The van der Waals surface area contributed by atoms with Gasteiger partial charge in [-0.05, 0) is 39.3 Å². The average molecular weight is 337 g/mol. The number of carbonyl (C=O) groups excluding carboxylic acids is 2. The van der Waals surface area contributed by atoms with Crippen LogP contribution in [0.3, 0.4) is 0 Å². The molecule has 128 valence electrons. The molecule has 0 radical (unpaired) electrons. The fraction of sp³-hybridized carbons (Fsp3) is 0.667. The monoisotopic (exact) mass is 336 g/mol. The minimum absolute atomic E-state index is 0.0920. The number of nitrogens with zero attached hydrogens (tertiary/aromatic N) is 2. The molecule has 0 atom stereocenters. The molecule has 5 heteroatoms. The van der Waals surface area contributed by atoms with Crippen molar-refractivity contribution in [3.05, 3.63) is 21.4 Å². The van der Waals surface area contributed by atoms with Crippen molar-refractivity contribution in [1.29, 1.82) is 0 Å². The van der Waals surface area contributed by atoms with E-state index in [1.54, 1.807) is 11.3 Å². The molecule has 4 nitrogen and oxygen atoms in total. The lowest BCUT2D eigenvalue weighted by atomic mass is 10.0. The first-order chi connectivity index (χ1) is 10.9. The number of Topliss-reactive ketones (excluding diaryl/α,β-unsaturated/α-hetero) is 1. The second-order valence-corrected chi connectivity index (χ2v) is 7.88. The Morgan fingerprint density at radius 2 is 1.91 bits per heavy atom. The van der Waals surface area contributed by atoms with Crippen LogP contribution in [0.5, 0.6) is 0 Å². The first-order valence-corrected chi connectivity index (χ1v) is 9.32. The molecule has 23 heavy (non-hydrogen) atoms. The minimum atomic E-state index is 0.0920. The highest BCUT2D eigenvalue weighted by atomic mass is 32.1. The summed E-state index contributed by atoms with van der Waals surface area (Å²) in [6, 6.07) is 2.27. The van der Waals surface area contributed by atoms with E-state index in [1.807, 2.05) is 31.9 Å². The van der Waals surface area contributed by atoms with Gasteiger partial charge in [-0.3, -0.25) is 9.59 Å². The van der Waals surface area contributed by atoms with Crippen LogP contribution in [0.25, 0.3) is 0 Å². The Hall–Kier alpha value is -1.20. The molecule has 0 unspecified atom stereocenters. The number of thiophene rings is 1. The standard InChI is InChI=1S/C18H28N2O2S/c1-5-20-10-8-15(9-11-20)19(4)18(22)7-6-17(21)16-12-13(2)23-14(16)3/h12,15H,5-11H2,1-4H3. The number of hydrogen-bond acceptors (Lipinski definition) is 4. The Bertz CT molecular complexity index is 559. The van der Waals surface area contributed by atoms with Crippen LogP contribution >= 0.6 is 11.3 Å². The topological polar surface area (TPSA) is 40.6 Å². The zero-order valence-corrected chi connectivity index (χ0v) is 15.5. The highest BCUT2D eigenvalue weighted by Crippen LogP contribution is 2.23. The van der Waals surface area contributed by atoms with Crippen LogP contribution in [0.4, 0.5) is 0 Å². The number of rotatable bonds is 6. The van der Waals surface area contributed by atoms with Crippen LogP contribution in [-0.2, 0) is 4.79 Å². The van der Waals surface area contributed by atoms with Gasteiger partial charge in [0.25, 0.3) is 0 Å². The van der Waals surface area contributed by atoms with E-state index >= 15 is 0 Å². The molecule has 1 aromatic rings. The van der Waals surface area contributed by atoms with E-state index in [9.17, 15) is 9.59 Å². The van der Waals surface area contributed by atoms with Crippen molar-refractivity contribution in [2.75, 3.05) is 26.7 Å². The summed E-state index contributed by atoms with van der Waals surface area (Å²) < 4.78 is 0. The summed E-state index contributed by atoms with van der Waals surface area (Å²) in [5, 5.41) is 0. The summed E-state index contributed by atoms with van der Waals surface area (Å²) in [4.78, 5) is 31.2. The summed E-state index contributed by atoms with van der Waals surface area (Å²) in [6.07, 6.45) is 2.70. The molecule has 1 amide bonds. The van der Waals surface area contributed by atoms with Crippen molar-refractivity contribution in [3.63, 3.8) is 0 Å². The Morgan fingerprint density at radius 1 is 1.26 bits per heavy atom. The van der Waals surface area contributed by atoms with Crippen molar-refractivity contribution in [3.8, 4) is 0 Å². The van der Waals surface area contributed by atoms with E-state index in [4.69, 9.17) is 0 Å². The third kappa shape index (κ3) is 4.64. The summed E-state index contributed by atoms with van der Waals surface area (Å²) in [5.41, 5.74) is 0.791. The lowest BCUT2D eigenvalue weighted by Crippen LogP contribution is -2.45. The van der Waals surface area contributed by atoms with Crippen LogP contribution in [-0.4, -0.2) is 54.2 Å². The number of carbonyl (C=O) groups is 2. The van der Waals surface area contributed by atoms with Gasteiger partial charge >= 0.3 is 0 Å². The van der Waals surface area contributed by atoms with Crippen LogP contribution in [0.2, 0.25) is 0 Å². The van der Waals surface area contributed by atoms with Crippen molar-refractivity contribution in [2.45, 2.75) is 52.5 Å². The molecule has 1 aliphatic rings. The lowest BCUT2D eigenvalue weighted by molar-refractivity contribution is -0.132. The molecule has 2 rings (SSSR count). The van der Waals surface area contributed by atoms with Crippen molar-refractivity contribution in [1.82, 2.24) is 9.80 Å². The van der Waals surface area contributed by atoms with Gasteiger partial charge in [0, 0.05) is 54.3 Å². The molecule has 0 aromatic carbocycles. The summed E-state index contributed by atoms with van der Waals surface area (Å²) in [6.45, 7) is 9.36. The molecule has 0 N–H and O–H groups in total. The molecule has 0 spiro atoms. The molecule has 2 heterocycles. The molecular formula is C18H28N2O2S. The summed E-state index contributed by atoms with van der Waals surface area (Å²) in [5.74, 6) is 0.187. The molecule has 0 saturated carbocycles. The second-order valence-electron chi connectivity index (χ2n) is 6.42. The first-order valence-electron chi connectivity index (χ1n) is 8.50. The number of ketones is 1. The Kier molecular flexibility index (Phi) is 6.36. The second kappa shape index (κ2) is 8.06. The average Bonchev–Trinajstić information content (AvgIpc) is 2.90. The third-order valence-electron chi connectivity index (χ3n) is 4.85. The van der Waals surface area contributed by atoms with Gasteiger partial charge in [-0.2, -0.15) is 0 Å². The first kappa shape index (κ1) is 18.1. The lowest BCUT2D eigenvalue weighted by Gasteiger charge is -2.36. The molecule has 1 saturated heterocycles.